The van der Waals surface area contributed by atoms with Crippen LogP contribution in [0.4, 0.5) is 5.69 Å². The van der Waals surface area contributed by atoms with E-state index < -0.39 is 0 Å². The third-order valence-electron chi connectivity index (χ3n) is 5.15. The molecule has 3 rings (SSSR count). The van der Waals surface area contributed by atoms with Gasteiger partial charge in [-0.25, -0.2) is 0 Å². The number of halogens is 2. The van der Waals surface area contributed by atoms with Gasteiger partial charge in [-0.1, -0.05) is 69.6 Å². The highest BCUT2D eigenvalue weighted by molar-refractivity contribution is 9.10. The van der Waals surface area contributed by atoms with Crippen molar-refractivity contribution in [3.63, 3.8) is 0 Å². The average molecular weight is 453 g/mol. The molecule has 1 aromatic rings. The summed E-state index contributed by atoms with van der Waals surface area (Å²) in [6.07, 6.45) is 4.80. The Bertz CT molecular complexity index is 744. The first-order valence-corrected chi connectivity index (χ1v) is 10.3. The van der Waals surface area contributed by atoms with Gasteiger partial charge < -0.3 is 4.90 Å². The number of hydrogen-bond donors (Lipinski definition) is 0. The predicted molar refractivity (Wildman–Crippen MR) is 113 cm³/mol. The van der Waals surface area contributed by atoms with E-state index in [1.807, 2.05) is 0 Å². The topological polar surface area (TPSA) is 3.24 Å². The molecule has 0 aromatic heterocycles. The first-order chi connectivity index (χ1) is 10.9. The molecule has 1 nitrogen and oxygen atoms in total. The van der Waals surface area contributed by atoms with Crippen LogP contribution in [0.1, 0.15) is 52.7 Å². The second kappa shape index (κ2) is 5.74. The van der Waals surface area contributed by atoms with Gasteiger partial charge in [0.1, 0.15) is 0 Å². The van der Waals surface area contributed by atoms with E-state index in [2.05, 4.69) is 110 Å². The van der Waals surface area contributed by atoms with Gasteiger partial charge in [0, 0.05) is 17.1 Å². The predicted octanol–water partition coefficient (Wildman–Crippen LogP) is 6.70. The van der Waals surface area contributed by atoms with Crippen molar-refractivity contribution in [1.82, 2.24) is 0 Å². The Morgan fingerprint density at radius 3 is 2.17 bits per heavy atom. The van der Waals surface area contributed by atoms with E-state index in [4.69, 9.17) is 0 Å². The molecule has 0 spiro atoms. The minimum Gasteiger partial charge on any atom is -0.365 e. The van der Waals surface area contributed by atoms with Crippen LogP contribution in [0.25, 0.3) is 5.57 Å². The van der Waals surface area contributed by atoms with Crippen LogP contribution in [0.2, 0.25) is 0 Å². The van der Waals surface area contributed by atoms with Crippen molar-refractivity contribution >= 4 is 43.1 Å². The maximum Gasteiger partial charge on any atom is 0.0706 e. The molecule has 1 unspecified atom stereocenters. The Kier molecular flexibility index (Phi) is 4.36. The third-order valence-corrected chi connectivity index (χ3v) is 6.52. The Labute approximate surface area is 163 Å². The van der Waals surface area contributed by atoms with Crippen LogP contribution in [0.15, 0.2) is 34.3 Å². The Morgan fingerprint density at radius 1 is 1.00 bits per heavy atom. The number of allylic oxidation sites excluding steroid dienone is 2. The number of anilines is 1. The highest BCUT2D eigenvalue weighted by Gasteiger charge is 2.40. The van der Waals surface area contributed by atoms with E-state index >= 15 is 0 Å². The summed E-state index contributed by atoms with van der Waals surface area (Å²) in [5.41, 5.74) is 7.21. The van der Waals surface area contributed by atoms with E-state index in [0.717, 1.165) is 0 Å². The van der Waals surface area contributed by atoms with Crippen molar-refractivity contribution in [2.75, 3.05) is 11.9 Å². The molecule has 2 atom stereocenters. The van der Waals surface area contributed by atoms with Crippen molar-refractivity contribution < 1.29 is 0 Å². The van der Waals surface area contributed by atoms with Gasteiger partial charge >= 0.3 is 0 Å². The zero-order valence-electron chi connectivity index (χ0n) is 15.7. The van der Waals surface area contributed by atoms with Gasteiger partial charge in [-0.2, -0.15) is 0 Å². The zero-order valence-corrected chi connectivity index (χ0v) is 18.8. The SMILES string of the molecule is CN1c2c(Br)cc(C(C)(C)C)cc2C2=CC(C(C)(C)C)=C[C@H](Br)C21. The molecule has 3 heteroatoms. The van der Waals surface area contributed by atoms with Gasteiger partial charge in [-0.15, -0.1) is 0 Å². The van der Waals surface area contributed by atoms with Crippen molar-refractivity contribution in [3.8, 4) is 0 Å². The minimum absolute atomic E-state index is 0.139. The van der Waals surface area contributed by atoms with Crippen molar-refractivity contribution in [2.24, 2.45) is 5.41 Å². The van der Waals surface area contributed by atoms with Crippen molar-refractivity contribution in [2.45, 2.75) is 57.8 Å². The summed E-state index contributed by atoms with van der Waals surface area (Å²) in [7, 11) is 2.20. The fourth-order valence-electron chi connectivity index (χ4n) is 3.61. The van der Waals surface area contributed by atoms with Crippen LogP contribution in [-0.2, 0) is 5.41 Å². The van der Waals surface area contributed by atoms with Gasteiger partial charge in [0.2, 0.25) is 0 Å². The number of rotatable bonds is 0. The summed E-state index contributed by atoms with van der Waals surface area (Å²) in [5, 5.41) is 0. The molecular formula is C21H27Br2N. The number of alkyl halides is 1. The van der Waals surface area contributed by atoms with Crippen LogP contribution in [0, 0.1) is 5.41 Å². The fourth-order valence-corrected chi connectivity index (χ4v) is 5.27. The van der Waals surface area contributed by atoms with Gasteiger partial charge in [-0.05, 0) is 55.6 Å². The van der Waals surface area contributed by atoms with Gasteiger partial charge in [-0.3, -0.25) is 0 Å². The van der Waals surface area contributed by atoms with Crippen LogP contribution in [-0.4, -0.2) is 17.9 Å². The second-order valence-electron chi connectivity index (χ2n) is 9.08. The summed E-state index contributed by atoms with van der Waals surface area (Å²) < 4.78 is 1.19. The van der Waals surface area contributed by atoms with Crippen molar-refractivity contribution in [3.05, 3.63) is 45.5 Å². The summed E-state index contributed by atoms with van der Waals surface area (Å²) in [4.78, 5) is 2.74. The summed E-state index contributed by atoms with van der Waals surface area (Å²) in [5.74, 6) is 0. The Morgan fingerprint density at radius 2 is 1.62 bits per heavy atom. The molecule has 1 aromatic carbocycles. The first kappa shape index (κ1) is 18.3. The number of nitrogens with zero attached hydrogens (tertiary/aromatic N) is 1. The largest absolute Gasteiger partial charge is 0.365 e. The quantitative estimate of drug-likeness (QED) is 0.396. The smallest absolute Gasteiger partial charge is 0.0706 e. The molecule has 24 heavy (non-hydrogen) atoms. The number of hydrogen-bond acceptors (Lipinski definition) is 1. The molecule has 130 valence electrons. The molecule has 2 aliphatic rings. The maximum absolute atomic E-state index is 3.94. The molecule has 0 N–H and O–H groups in total. The molecule has 0 saturated heterocycles. The normalized spacial score (nSPS) is 23.6. The van der Waals surface area contributed by atoms with Crippen LogP contribution < -0.4 is 4.90 Å². The van der Waals surface area contributed by atoms with Crippen molar-refractivity contribution in [1.29, 1.82) is 0 Å². The zero-order chi connectivity index (χ0) is 18.0. The molecule has 0 radical (unpaired) electrons. The number of benzene rings is 1. The third kappa shape index (κ3) is 2.92. The first-order valence-electron chi connectivity index (χ1n) is 8.56. The summed E-state index contributed by atoms with van der Waals surface area (Å²) in [6, 6.07) is 5.04. The highest BCUT2D eigenvalue weighted by Crippen LogP contribution is 2.51. The molecule has 1 aliphatic heterocycles. The lowest BCUT2D eigenvalue weighted by Gasteiger charge is -2.33. The summed E-state index contributed by atoms with van der Waals surface area (Å²) in [6.45, 7) is 13.7. The van der Waals surface area contributed by atoms with Gasteiger partial charge in [0.25, 0.3) is 0 Å². The molecule has 0 amide bonds. The summed E-state index contributed by atoms with van der Waals surface area (Å²) >= 11 is 7.77. The highest BCUT2D eigenvalue weighted by atomic mass is 79.9. The standard InChI is InChI=1S/C21H27Br2N/c1-20(2,3)12-8-14-15-9-13(21(4,5)6)11-17(23)19(15)24(7)18(14)16(22)10-12/h8-11,16,18H,1-7H3/t16-,18?/m0/s1. The second-order valence-corrected chi connectivity index (χ2v) is 11.0. The lowest BCUT2D eigenvalue weighted by atomic mass is 9.79. The monoisotopic (exact) mass is 451 g/mol. The minimum atomic E-state index is 0.139. The Balaban J connectivity index is 2.22. The molecule has 0 saturated carbocycles. The number of fused-ring (bicyclic) bond motifs is 3. The molecule has 1 heterocycles. The molecule has 1 aliphatic carbocycles. The Hall–Kier alpha value is -0.540. The van der Waals surface area contributed by atoms with E-state index in [-0.39, 0.29) is 10.8 Å². The van der Waals surface area contributed by atoms with E-state index in [0.29, 0.717) is 10.9 Å². The van der Waals surface area contributed by atoms with Crippen LogP contribution in [0.3, 0.4) is 0 Å². The average Bonchev–Trinajstić information content (AvgIpc) is 2.71. The van der Waals surface area contributed by atoms with Crippen LogP contribution >= 0.6 is 31.9 Å². The van der Waals surface area contributed by atoms with Gasteiger partial charge in [0.05, 0.1) is 16.6 Å². The van der Waals surface area contributed by atoms with Crippen LogP contribution in [0.5, 0.6) is 0 Å². The van der Waals surface area contributed by atoms with Gasteiger partial charge in [0.15, 0.2) is 0 Å². The molecule has 0 bridgehead atoms. The molecular weight excluding hydrogens is 426 g/mol. The fraction of sp³-hybridized carbons (Fsp3) is 0.524. The lowest BCUT2D eigenvalue weighted by Crippen LogP contribution is -2.36. The van der Waals surface area contributed by atoms with E-state index in [9.17, 15) is 0 Å². The number of likely N-dealkylation sites (N-methyl/N-ethyl adjacent to an activating group) is 1. The van der Waals surface area contributed by atoms with E-state index in [1.54, 1.807) is 0 Å². The van der Waals surface area contributed by atoms with E-state index in [1.165, 1.54) is 32.4 Å². The lowest BCUT2D eigenvalue weighted by molar-refractivity contribution is 0.512. The molecule has 0 fully saturated rings. The maximum atomic E-state index is 3.94.